The van der Waals surface area contributed by atoms with Gasteiger partial charge in [-0.1, -0.05) is 12.1 Å². The predicted octanol–water partition coefficient (Wildman–Crippen LogP) is 2.00. The highest BCUT2D eigenvalue weighted by molar-refractivity contribution is 5.85. The Morgan fingerprint density at radius 3 is 2.50 bits per heavy atom. The third-order valence-corrected chi connectivity index (χ3v) is 1.72. The van der Waals surface area contributed by atoms with Crippen LogP contribution in [0.1, 0.15) is 11.6 Å². The second-order valence-corrected chi connectivity index (χ2v) is 2.91. The molecule has 1 rings (SSSR count). The van der Waals surface area contributed by atoms with E-state index in [2.05, 4.69) is 4.74 Å². The summed E-state index contributed by atoms with van der Waals surface area (Å²) >= 11 is 0. The Morgan fingerprint density at radius 1 is 1.38 bits per heavy atom. The Bertz CT molecular complexity index is 333. The molecule has 0 bridgehead atoms. The van der Waals surface area contributed by atoms with Gasteiger partial charge in [-0.15, -0.1) is 25.6 Å². The maximum absolute atomic E-state index is 11.9. The first-order valence-electron chi connectivity index (χ1n) is 4.14. The number of ether oxygens (including phenoxy) is 1. The Labute approximate surface area is 96.4 Å². The SMILES string of the molecule is Cl.NC(CO)c1cccc(OC(F)(F)F)c1. The standard InChI is InChI=1S/C9H10F3NO2.ClH/c10-9(11,12)15-7-3-1-2-6(4-7)8(13)5-14;/h1-4,8,14H,5,13H2;1H. The lowest BCUT2D eigenvalue weighted by atomic mass is 10.1. The van der Waals surface area contributed by atoms with Crippen LogP contribution in [0.4, 0.5) is 13.2 Å². The van der Waals surface area contributed by atoms with Gasteiger partial charge in [-0.05, 0) is 17.7 Å². The number of benzene rings is 1. The van der Waals surface area contributed by atoms with E-state index in [0.717, 1.165) is 6.07 Å². The molecule has 92 valence electrons. The molecule has 7 heteroatoms. The smallest absolute Gasteiger partial charge is 0.406 e. The van der Waals surface area contributed by atoms with E-state index in [-0.39, 0.29) is 24.8 Å². The van der Waals surface area contributed by atoms with Crippen molar-refractivity contribution in [3.63, 3.8) is 0 Å². The van der Waals surface area contributed by atoms with Crippen LogP contribution in [0, 0.1) is 0 Å². The van der Waals surface area contributed by atoms with Crippen LogP contribution in [0.15, 0.2) is 24.3 Å². The lowest BCUT2D eigenvalue weighted by Gasteiger charge is -2.12. The molecule has 3 N–H and O–H groups in total. The number of aliphatic hydroxyl groups excluding tert-OH is 1. The van der Waals surface area contributed by atoms with Crippen LogP contribution in [-0.2, 0) is 0 Å². The van der Waals surface area contributed by atoms with E-state index in [4.69, 9.17) is 10.8 Å². The molecule has 0 saturated carbocycles. The third-order valence-electron chi connectivity index (χ3n) is 1.72. The third kappa shape index (κ3) is 4.69. The van der Waals surface area contributed by atoms with E-state index in [0.29, 0.717) is 5.56 Å². The van der Waals surface area contributed by atoms with Gasteiger partial charge in [-0.25, -0.2) is 0 Å². The highest BCUT2D eigenvalue weighted by Gasteiger charge is 2.31. The van der Waals surface area contributed by atoms with Crippen molar-refractivity contribution in [3.8, 4) is 5.75 Å². The molecule has 0 aliphatic carbocycles. The van der Waals surface area contributed by atoms with Crippen LogP contribution in [0.5, 0.6) is 5.75 Å². The molecule has 0 aliphatic rings. The van der Waals surface area contributed by atoms with Crippen LogP contribution in [0.2, 0.25) is 0 Å². The quantitative estimate of drug-likeness (QED) is 0.871. The fraction of sp³-hybridized carbons (Fsp3) is 0.333. The highest BCUT2D eigenvalue weighted by Crippen LogP contribution is 2.24. The van der Waals surface area contributed by atoms with Crippen molar-refractivity contribution in [1.29, 1.82) is 0 Å². The summed E-state index contributed by atoms with van der Waals surface area (Å²) in [6, 6.07) is 4.51. The van der Waals surface area contributed by atoms with E-state index in [9.17, 15) is 13.2 Å². The fourth-order valence-corrected chi connectivity index (χ4v) is 1.05. The lowest BCUT2D eigenvalue weighted by molar-refractivity contribution is -0.274. The van der Waals surface area contributed by atoms with Crippen LogP contribution >= 0.6 is 12.4 Å². The second kappa shape index (κ2) is 5.93. The van der Waals surface area contributed by atoms with Crippen LogP contribution in [0.3, 0.4) is 0 Å². The molecule has 3 nitrogen and oxygen atoms in total. The van der Waals surface area contributed by atoms with Crippen molar-refractivity contribution >= 4 is 12.4 Å². The number of nitrogens with two attached hydrogens (primary N) is 1. The molecule has 16 heavy (non-hydrogen) atoms. The van der Waals surface area contributed by atoms with Gasteiger partial charge < -0.3 is 15.6 Å². The Morgan fingerprint density at radius 2 is 2.00 bits per heavy atom. The zero-order valence-electron chi connectivity index (χ0n) is 8.07. The maximum Gasteiger partial charge on any atom is 0.573 e. The van der Waals surface area contributed by atoms with Crippen molar-refractivity contribution in [2.24, 2.45) is 5.73 Å². The van der Waals surface area contributed by atoms with Gasteiger partial charge in [-0.2, -0.15) is 0 Å². The summed E-state index contributed by atoms with van der Waals surface area (Å²) in [6.45, 7) is -0.338. The molecule has 1 unspecified atom stereocenters. The molecule has 0 saturated heterocycles. The average molecular weight is 258 g/mol. The van der Waals surface area contributed by atoms with Gasteiger partial charge in [-0.3, -0.25) is 0 Å². The first-order valence-corrected chi connectivity index (χ1v) is 4.14. The van der Waals surface area contributed by atoms with Crippen LogP contribution < -0.4 is 10.5 Å². The number of halogens is 4. The molecule has 1 atom stereocenters. The molecule has 0 spiro atoms. The predicted molar refractivity (Wildman–Crippen MR) is 54.4 cm³/mol. The minimum Gasteiger partial charge on any atom is -0.406 e. The number of aliphatic hydroxyl groups is 1. The number of hydrogen-bond donors (Lipinski definition) is 2. The van der Waals surface area contributed by atoms with Gasteiger partial charge in [0.05, 0.1) is 12.6 Å². The van der Waals surface area contributed by atoms with Gasteiger partial charge >= 0.3 is 6.36 Å². The molecular weight excluding hydrogens is 247 g/mol. The number of hydrogen-bond acceptors (Lipinski definition) is 3. The number of rotatable bonds is 3. The van der Waals surface area contributed by atoms with Gasteiger partial charge in [0.15, 0.2) is 0 Å². The summed E-state index contributed by atoms with van der Waals surface area (Å²) in [4.78, 5) is 0. The largest absolute Gasteiger partial charge is 0.573 e. The fourth-order valence-electron chi connectivity index (χ4n) is 1.05. The van der Waals surface area contributed by atoms with Crippen molar-refractivity contribution < 1.29 is 23.0 Å². The van der Waals surface area contributed by atoms with Crippen molar-refractivity contribution in [1.82, 2.24) is 0 Å². The van der Waals surface area contributed by atoms with Crippen LogP contribution in [-0.4, -0.2) is 18.1 Å². The molecule has 1 aromatic carbocycles. The molecule has 0 amide bonds. The van der Waals surface area contributed by atoms with E-state index < -0.39 is 12.4 Å². The summed E-state index contributed by atoms with van der Waals surface area (Å²) in [6.07, 6.45) is -4.72. The molecule has 0 aliphatic heterocycles. The normalized spacial score (nSPS) is 12.8. The van der Waals surface area contributed by atoms with Crippen molar-refractivity contribution in [2.75, 3.05) is 6.61 Å². The first-order chi connectivity index (χ1) is 6.92. The zero-order chi connectivity index (χ0) is 11.5. The first kappa shape index (κ1) is 15.0. The topological polar surface area (TPSA) is 55.5 Å². The average Bonchev–Trinajstić information content (AvgIpc) is 2.14. The monoisotopic (exact) mass is 257 g/mol. The summed E-state index contributed by atoms with van der Waals surface area (Å²) in [5.74, 6) is -0.344. The lowest BCUT2D eigenvalue weighted by Crippen LogP contribution is -2.18. The van der Waals surface area contributed by atoms with Gasteiger partial charge in [0.25, 0.3) is 0 Å². The Kier molecular flexibility index (Phi) is 5.57. The van der Waals surface area contributed by atoms with Crippen molar-refractivity contribution in [2.45, 2.75) is 12.4 Å². The molecule has 1 aromatic rings. The molecular formula is C9H11ClF3NO2. The number of alkyl halides is 3. The minimum absolute atomic E-state index is 0. The zero-order valence-corrected chi connectivity index (χ0v) is 8.89. The van der Waals surface area contributed by atoms with E-state index >= 15 is 0 Å². The van der Waals surface area contributed by atoms with E-state index in [1.165, 1.54) is 18.2 Å². The maximum atomic E-state index is 11.9. The minimum atomic E-state index is -4.72. The molecule has 0 aromatic heterocycles. The molecule has 0 fully saturated rings. The van der Waals surface area contributed by atoms with Crippen LogP contribution in [0.25, 0.3) is 0 Å². The summed E-state index contributed by atoms with van der Waals surface area (Å²) in [5, 5.41) is 8.72. The van der Waals surface area contributed by atoms with Gasteiger partial charge in [0.1, 0.15) is 5.75 Å². The highest BCUT2D eigenvalue weighted by atomic mass is 35.5. The molecule has 0 heterocycles. The van der Waals surface area contributed by atoms with Crippen molar-refractivity contribution in [3.05, 3.63) is 29.8 Å². The van der Waals surface area contributed by atoms with Gasteiger partial charge in [0, 0.05) is 0 Å². The Hall–Kier alpha value is -0.980. The summed E-state index contributed by atoms with van der Waals surface area (Å²) in [5.41, 5.74) is 5.83. The van der Waals surface area contributed by atoms with E-state index in [1.807, 2.05) is 0 Å². The summed E-state index contributed by atoms with van der Waals surface area (Å²) in [7, 11) is 0. The molecule has 0 radical (unpaired) electrons. The van der Waals surface area contributed by atoms with Gasteiger partial charge in [0.2, 0.25) is 0 Å². The van der Waals surface area contributed by atoms with E-state index in [1.54, 1.807) is 0 Å². The Balaban J connectivity index is 0.00000225. The summed E-state index contributed by atoms with van der Waals surface area (Å²) < 4.78 is 39.3. The second-order valence-electron chi connectivity index (χ2n) is 2.91.